The fraction of sp³-hybridized carbons (Fsp3) is 0.312. The summed E-state index contributed by atoms with van der Waals surface area (Å²) in [7, 11) is 0. The predicted molar refractivity (Wildman–Crippen MR) is 160 cm³/mol. The monoisotopic (exact) mass is 524 g/mol. The van der Waals surface area contributed by atoms with Crippen LogP contribution in [0.4, 0.5) is 11.4 Å². The van der Waals surface area contributed by atoms with Gasteiger partial charge in [-0.1, -0.05) is 68.4 Å². The summed E-state index contributed by atoms with van der Waals surface area (Å²) < 4.78 is 0. The van der Waals surface area contributed by atoms with Gasteiger partial charge in [0.25, 0.3) is 0 Å². The number of nitrogens with zero attached hydrogens (tertiary/aromatic N) is 3. The highest BCUT2D eigenvalue weighted by Crippen LogP contribution is 2.51. The number of hydrogen-bond acceptors (Lipinski definition) is 4. The number of carbonyl (C=O) groups is 1. The lowest BCUT2D eigenvalue weighted by Crippen LogP contribution is -2.45. The number of carbonyl (C=O) groups excluding carboxylic acids is 1. The summed E-state index contributed by atoms with van der Waals surface area (Å²) in [5.74, 6) is 0.371. The molecule has 2 heterocycles. The normalized spacial score (nSPS) is 19.1. The quantitative estimate of drug-likeness (QED) is 0.284. The van der Waals surface area contributed by atoms with E-state index in [2.05, 4.69) is 67.8 Å². The standard InChI is InChI=1S/C32H36N4OS/c1-5-35(6-2)24-18-16-22(17-19-24)28-25-14-10-11-15-26(25)30(37)38-29-27(28)20-32(3,4)21-36(29)31(33)34-23-12-8-7-9-13-23/h7-19,28H,5-6,20-21H2,1-4H3,(H2,33,34). The van der Waals surface area contributed by atoms with Gasteiger partial charge in [0, 0.05) is 36.8 Å². The van der Waals surface area contributed by atoms with Gasteiger partial charge in [0.2, 0.25) is 11.1 Å². The lowest BCUT2D eigenvalue weighted by Gasteiger charge is -2.42. The van der Waals surface area contributed by atoms with Crippen molar-refractivity contribution in [2.75, 3.05) is 24.5 Å². The van der Waals surface area contributed by atoms with E-state index in [1.54, 1.807) is 0 Å². The fourth-order valence-corrected chi connectivity index (χ4v) is 6.72. The van der Waals surface area contributed by atoms with E-state index < -0.39 is 0 Å². The first-order chi connectivity index (χ1) is 18.3. The van der Waals surface area contributed by atoms with Gasteiger partial charge in [-0.15, -0.1) is 0 Å². The molecule has 0 radical (unpaired) electrons. The maximum atomic E-state index is 13.7. The number of hydrogen-bond donors (Lipinski definition) is 1. The zero-order chi connectivity index (χ0) is 26.9. The first-order valence-corrected chi connectivity index (χ1v) is 14.2. The first kappa shape index (κ1) is 26.1. The fourth-order valence-electron chi connectivity index (χ4n) is 5.66. The van der Waals surface area contributed by atoms with Gasteiger partial charge in [0.1, 0.15) is 0 Å². The molecule has 2 N–H and O–H groups in total. The molecular weight excluding hydrogens is 488 g/mol. The van der Waals surface area contributed by atoms with Crippen molar-refractivity contribution in [2.24, 2.45) is 16.1 Å². The van der Waals surface area contributed by atoms with Crippen LogP contribution >= 0.6 is 11.8 Å². The van der Waals surface area contributed by atoms with Crippen LogP contribution in [-0.2, 0) is 0 Å². The molecule has 0 amide bonds. The Kier molecular flexibility index (Phi) is 7.35. The third kappa shape index (κ3) is 5.10. The Labute approximate surface area is 230 Å². The topological polar surface area (TPSA) is 61.9 Å². The van der Waals surface area contributed by atoms with E-state index in [-0.39, 0.29) is 16.4 Å². The smallest absolute Gasteiger partial charge is 0.225 e. The number of rotatable bonds is 5. The summed E-state index contributed by atoms with van der Waals surface area (Å²) in [5, 5.41) is 0.966. The largest absolute Gasteiger partial charge is 0.372 e. The number of benzene rings is 3. The molecule has 0 spiro atoms. The van der Waals surface area contributed by atoms with Crippen molar-refractivity contribution in [2.45, 2.75) is 40.0 Å². The predicted octanol–water partition coefficient (Wildman–Crippen LogP) is 7.14. The first-order valence-electron chi connectivity index (χ1n) is 13.4. The Bertz CT molecular complexity index is 1370. The summed E-state index contributed by atoms with van der Waals surface area (Å²) in [6.45, 7) is 11.5. The number of anilines is 1. The molecule has 2 aliphatic rings. The molecule has 0 aromatic heterocycles. The van der Waals surface area contributed by atoms with E-state index in [0.717, 1.165) is 41.4 Å². The minimum absolute atomic E-state index is 0.0440. The maximum Gasteiger partial charge on any atom is 0.225 e. The molecule has 0 aliphatic carbocycles. The number of allylic oxidation sites excluding steroid dienone is 1. The molecule has 2 aliphatic heterocycles. The number of guanidine groups is 1. The highest BCUT2D eigenvalue weighted by atomic mass is 32.2. The van der Waals surface area contributed by atoms with Gasteiger partial charge in [-0.25, -0.2) is 4.99 Å². The van der Waals surface area contributed by atoms with Crippen molar-refractivity contribution in [3.63, 3.8) is 0 Å². The Balaban J connectivity index is 1.68. The molecule has 0 saturated carbocycles. The summed E-state index contributed by atoms with van der Waals surface area (Å²) in [5.41, 5.74) is 12.9. The summed E-state index contributed by atoms with van der Waals surface area (Å²) in [4.78, 5) is 22.8. The molecule has 38 heavy (non-hydrogen) atoms. The molecule has 196 valence electrons. The lowest BCUT2D eigenvalue weighted by molar-refractivity contribution is 0.108. The van der Waals surface area contributed by atoms with Crippen LogP contribution in [0.25, 0.3) is 0 Å². The molecule has 5 nitrogen and oxygen atoms in total. The average Bonchev–Trinajstić information content (AvgIpc) is 3.03. The number of para-hydroxylation sites is 1. The van der Waals surface area contributed by atoms with Crippen LogP contribution in [0, 0.1) is 5.41 Å². The van der Waals surface area contributed by atoms with Crippen LogP contribution in [0.15, 0.2) is 94.5 Å². The van der Waals surface area contributed by atoms with Crippen molar-refractivity contribution in [3.05, 3.63) is 106 Å². The van der Waals surface area contributed by atoms with Gasteiger partial charge in [-0.2, -0.15) is 0 Å². The van der Waals surface area contributed by atoms with Crippen LogP contribution in [0.1, 0.15) is 61.5 Å². The molecule has 3 aromatic carbocycles. The van der Waals surface area contributed by atoms with E-state index in [1.807, 2.05) is 48.5 Å². The second-order valence-electron chi connectivity index (χ2n) is 10.7. The van der Waals surface area contributed by atoms with Crippen molar-refractivity contribution >= 4 is 34.2 Å². The summed E-state index contributed by atoms with van der Waals surface area (Å²) in [6.07, 6.45) is 0.870. The number of thioether (sulfide) groups is 1. The third-order valence-electron chi connectivity index (χ3n) is 7.44. The summed E-state index contributed by atoms with van der Waals surface area (Å²) >= 11 is 1.29. The van der Waals surface area contributed by atoms with Gasteiger partial charge in [0.15, 0.2) is 0 Å². The van der Waals surface area contributed by atoms with E-state index >= 15 is 0 Å². The van der Waals surface area contributed by atoms with E-state index in [0.29, 0.717) is 12.5 Å². The second-order valence-corrected chi connectivity index (χ2v) is 11.7. The lowest BCUT2D eigenvalue weighted by atomic mass is 9.74. The van der Waals surface area contributed by atoms with Crippen molar-refractivity contribution in [1.29, 1.82) is 0 Å². The van der Waals surface area contributed by atoms with E-state index in [1.165, 1.54) is 28.6 Å². The van der Waals surface area contributed by atoms with Crippen LogP contribution in [0.3, 0.4) is 0 Å². The zero-order valence-electron chi connectivity index (χ0n) is 22.6. The summed E-state index contributed by atoms with van der Waals surface area (Å²) in [6, 6.07) is 26.7. The number of aliphatic imine (C=N–C) groups is 1. The third-order valence-corrected chi connectivity index (χ3v) is 8.52. The molecule has 0 bridgehead atoms. The Morgan fingerprint density at radius 2 is 1.66 bits per heavy atom. The molecule has 1 atom stereocenters. The second kappa shape index (κ2) is 10.7. The molecule has 0 saturated heterocycles. The van der Waals surface area contributed by atoms with Crippen molar-refractivity contribution in [1.82, 2.24) is 4.90 Å². The zero-order valence-corrected chi connectivity index (χ0v) is 23.5. The Morgan fingerprint density at radius 3 is 2.34 bits per heavy atom. The maximum absolute atomic E-state index is 13.7. The Hall–Kier alpha value is -3.51. The SMILES string of the molecule is CCN(CC)c1ccc(C2C3=C(SC(=O)c4ccccc42)N(C(N)=Nc2ccccc2)CC(C)(C)C3)cc1. The van der Waals surface area contributed by atoms with Gasteiger partial charge >= 0.3 is 0 Å². The minimum atomic E-state index is -0.0576. The van der Waals surface area contributed by atoms with Gasteiger partial charge < -0.3 is 15.5 Å². The molecule has 1 unspecified atom stereocenters. The Morgan fingerprint density at radius 1 is 1.00 bits per heavy atom. The van der Waals surface area contributed by atoms with Crippen LogP contribution in [0.5, 0.6) is 0 Å². The molecular formula is C32H36N4OS. The number of fused-ring (bicyclic) bond motifs is 1. The molecule has 0 fully saturated rings. The van der Waals surface area contributed by atoms with Gasteiger partial charge in [0.05, 0.1) is 10.7 Å². The van der Waals surface area contributed by atoms with E-state index in [9.17, 15) is 4.79 Å². The minimum Gasteiger partial charge on any atom is -0.372 e. The number of nitrogens with two attached hydrogens (primary N) is 1. The molecule has 6 heteroatoms. The van der Waals surface area contributed by atoms with Crippen LogP contribution in [-0.4, -0.2) is 35.6 Å². The van der Waals surface area contributed by atoms with Gasteiger partial charge in [-0.3, -0.25) is 4.79 Å². The van der Waals surface area contributed by atoms with Crippen LogP contribution in [0.2, 0.25) is 0 Å². The molecule has 3 aromatic rings. The highest BCUT2D eigenvalue weighted by Gasteiger charge is 2.41. The highest BCUT2D eigenvalue weighted by molar-refractivity contribution is 8.17. The van der Waals surface area contributed by atoms with Crippen molar-refractivity contribution < 1.29 is 4.79 Å². The average molecular weight is 525 g/mol. The van der Waals surface area contributed by atoms with Crippen molar-refractivity contribution in [3.8, 4) is 0 Å². The molecule has 5 rings (SSSR count). The van der Waals surface area contributed by atoms with Gasteiger partial charge in [-0.05, 0) is 78.4 Å². The van der Waals surface area contributed by atoms with E-state index in [4.69, 9.17) is 10.7 Å². The van der Waals surface area contributed by atoms with Crippen LogP contribution < -0.4 is 10.6 Å².